The van der Waals surface area contributed by atoms with Crippen molar-refractivity contribution in [1.82, 2.24) is 19.2 Å². The van der Waals surface area contributed by atoms with Crippen LogP contribution in [0.5, 0.6) is 0 Å². The number of hydrogen-bond acceptors (Lipinski definition) is 4. The summed E-state index contributed by atoms with van der Waals surface area (Å²) >= 11 is 6.12. The van der Waals surface area contributed by atoms with E-state index in [1.165, 1.54) is 0 Å². The van der Waals surface area contributed by atoms with Gasteiger partial charge in [-0.15, -0.1) is 0 Å². The maximum absolute atomic E-state index is 13.3. The zero-order valence-electron chi connectivity index (χ0n) is 16.2. The number of benzene rings is 1. The Morgan fingerprint density at radius 3 is 2.61 bits per heavy atom. The lowest BCUT2D eigenvalue weighted by atomic mass is 10.2. The van der Waals surface area contributed by atoms with Crippen LogP contribution < -0.4 is 4.90 Å². The molecule has 1 aromatic carbocycles. The second kappa shape index (κ2) is 7.81. The van der Waals surface area contributed by atoms with Crippen molar-refractivity contribution < 1.29 is 4.79 Å². The van der Waals surface area contributed by atoms with Gasteiger partial charge < -0.3 is 19.1 Å². The normalized spacial score (nSPS) is 14.9. The topological polar surface area (TPSA) is 44.1 Å². The minimum Gasteiger partial charge on any atom is -0.368 e. The summed E-state index contributed by atoms with van der Waals surface area (Å²) in [4.78, 5) is 24.1. The number of pyridine rings is 1. The number of aromatic nitrogens is 2. The Balaban J connectivity index is 1.54. The van der Waals surface area contributed by atoms with E-state index >= 15 is 0 Å². The number of amides is 1. The van der Waals surface area contributed by atoms with E-state index in [4.69, 9.17) is 11.6 Å². The lowest BCUT2D eigenvalue weighted by molar-refractivity contribution is 0.0739. The van der Waals surface area contributed by atoms with E-state index in [2.05, 4.69) is 20.9 Å². The van der Waals surface area contributed by atoms with Gasteiger partial charge in [-0.05, 0) is 44.4 Å². The van der Waals surface area contributed by atoms with Gasteiger partial charge in [0.2, 0.25) is 0 Å². The zero-order chi connectivity index (χ0) is 19.7. The van der Waals surface area contributed by atoms with Crippen LogP contribution in [0.15, 0.2) is 48.7 Å². The van der Waals surface area contributed by atoms with Gasteiger partial charge in [0.25, 0.3) is 5.91 Å². The molecule has 1 aliphatic rings. The summed E-state index contributed by atoms with van der Waals surface area (Å²) in [7, 11) is 4.00. The standard InChI is InChI=1S/C21H24ClN5O/c1-24(2)15-18-20(23-19-8-3-4-9-27(18)19)21(28)26-12-10-25(11-13-26)17-7-5-6-16(22)14-17/h3-9,14H,10-13,15H2,1-2H3. The van der Waals surface area contributed by atoms with Crippen molar-refractivity contribution in [2.75, 3.05) is 45.2 Å². The van der Waals surface area contributed by atoms with Crippen LogP contribution in [-0.4, -0.2) is 65.4 Å². The molecule has 3 aromatic rings. The Labute approximate surface area is 169 Å². The first kappa shape index (κ1) is 18.8. The summed E-state index contributed by atoms with van der Waals surface area (Å²) in [5.41, 5.74) is 3.39. The number of carbonyl (C=O) groups excluding carboxylic acids is 1. The molecule has 1 saturated heterocycles. The van der Waals surface area contributed by atoms with Crippen molar-refractivity contribution in [3.8, 4) is 0 Å². The molecule has 0 atom stereocenters. The Hall–Kier alpha value is -2.57. The molecule has 0 aliphatic carbocycles. The van der Waals surface area contributed by atoms with E-state index in [1.807, 2.05) is 66.0 Å². The third-order valence-electron chi connectivity index (χ3n) is 5.04. The number of piperazine rings is 1. The van der Waals surface area contributed by atoms with E-state index < -0.39 is 0 Å². The highest BCUT2D eigenvalue weighted by molar-refractivity contribution is 6.30. The summed E-state index contributed by atoms with van der Waals surface area (Å²) in [6.07, 6.45) is 1.97. The molecule has 6 nitrogen and oxygen atoms in total. The molecular formula is C21H24ClN5O. The molecule has 146 valence electrons. The van der Waals surface area contributed by atoms with Crippen LogP contribution in [-0.2, 0) is 6.54 Å². The minimum atomic E-state index is 0.00583. The molecular weight excluding hydrogens is 374 g/mol. The maximum atomic E-state index is 13.3. The maximum Gasteiger partial charge on any atom is 0.274 e. The average Bonchev–Trinajstić information content (AvgIpc) is 3.05. The first-order valence-corrected chi connectivity index (χ1v) is 9.81. The SMILES string of the molecule is CN(C)Cc1c(C(=O)N2CCN(c3cccc(Cl)c3)CC2)nc2ccccn12. The van der Waals surface area contributed by atoms with Crippen LogP contribution in [0.3, 0.4) is 0 Å². The minimum absolute atomic E-state index is 0.00583. The van der Waals surface area contributed by atoms with Gasteiger partial charge in [0.05, 0.1) is 5.69 Å². The highest BCUT2D eigenvalue weighted by Crippen LogP contribution is 2.22. The van der Waals surface area contributed by atoms with Crippen LogP contribution in [0, 0.1) is 0 Å². The Morgan fingerprint density at radius 1 is 1.11 bits per heavy atom. The summed E-state index contributed by atoms with van der Waals surface area (Å²) in [6, 6.07) is 13.7. The second-order valence-electron chi connectivity index (χ2n) is 7.33. The highest BCUT2D eigenvalue weighted by Gasteiger charge is 2.27. The lowest BCUT2D eigenvalue weighted by Crippen LogP contribution is -2.49. The van der Waals surface area contributed by atoms with E-state index in [1.54, 1.807) is 0 Å². The molecule has 1 amide bonds. The van der Waals surface area contributed by atoms with E-state index in [0.717, 1.165) is 35.1 Å². The molecule has 0 N–H and O–H groups in total. The summed E-state index contributed by atoms with van der Waals surface area (Å²) in [5.74, 6) is 0.00583. The molecule has 0 spiro atoms. The van der Waals surface area contributed by atoms with E-state index in [0.29, 0.717) is 25.3 Å². The van der Waals surface area contributed by atoms with Gasteiger partial charge in [0.1, 0.15) is 5.65 Å². The van der Waals surface area contributed by atoms with Crippen LogP contribution in [0.1, 0.15) is 16.2 Å². The number of imidazole rings is 1. The van der Waals surface area contributed by atoms with Crippen molar-refractivity contribution in [1.29, 1.82) is 0 Å². The fraction of sp³-hybridized carbons (Fsp3) is 0.333. The lowest BCUT2D eigenvalue weighted by Gasteiger charge is -2.36. The smallest absolute Gasteiger partial charge is 0.274 e. The predicted molar refractivity (Wildman–Crippen MR) is 112 cm³/mol. The molecule has 0 bridgehead atoms. The van der Waals surface area contributed by atoms with Gasteiger partial charge in [-0.3, -0.25) is 4.79 Å². The van der Waals surface area contributed by atoms with Crippen molar-refractivity contribution in [3.63, 3.8) is 0 Å². The second-order valence-corrected chi connectivity index (χ2v) is 7.77. The Morgan fingerprint density at radius 2 is 1.89 bits per heavy atom. The predicted octanol–water partition coefficient (Wildman–Crippen LogP) is 3.01. The number of halogens is 1. The third kappa shape index (κ3) is 3.70. The van der Waals surface area contributed by atoms with Gasteiger partial charge in [-0.2, -0.15) is 0 Å². The fourth-order valence-corrected chi connectivity index (χ4v) is 3.84. The molecule has 7 heteroatoms. The number of nitrogens with zero attached hydrogens (tertiary/aromatic N) is 5. The molecule has 2 aromatic heterocycles. The summed E-state index contributed by atoms with van der Waals surface area (Å²) in [5, 5.41) is 0.731. The third-order valence-corrected chi connectivity index (χ3v) is 5.27. The molecule has 1 aliphatic heterocycles. The monoisotopic (exact) mass is 397 g/mol. The summed E-state index contributed by atoms with van der Waals surface area (Å²) in [6.45, 7) is 3.56. The van der Waals surface area contributed by atoms with Gasteiger partial charge in [-0.1, -0.05) is 23.7 Å². The van der Waals surface area contributed by atoms with Crippen molar-refractivity contribution in [2.45, 2.75) is 6.54 Å². The quantitative estimate of drug-likeness (QED) is 0.678. The highest BCUT2D eigenvalue weighted by atomic mass is 35.5. The average molecular weight is 398 g/mol. The Bertz CT molecular complexity index is 991. The molecule has 4 rings (SSSR count). The van der Waals surface area contributed by atoms with Gasteiger partial charge >= 0.3 is 0 Å². The van der Waals surface area contributed by atoms with Crippen LogP contribution in [0.2, 0.25) is 5.02 Å². The number of anilines is 1. The number of carbonyl (C=O) groups is 1. The molecule has 1 fully saturated rings. The van der Waals surface area contributed by atoms with E-state index in [9.17, 15) is 4.79 Å². The molecule has 0 radical (unpaired) electrons. The van der Waals surface area contributed by atoms with Crippen molar-refractivity contribution in [2.24, 2.45) is 0 Å². The zero-order valence-corrected chi connectivity index (χ0v) is 16.9. The first-order chi connectivity index (χ1) is 13.5. The molecule has 3 heterocycles. The van der Waals surface area contributed by atoms with E-state index in [-0.39, 0.29) is 5.91 Å². The van der Waals surface area contributed by atoms with Gasteiger partial charge in [-0.25, -0.2) is 4.98 Å². The Kier molecular flexibility index (Phi) is 5.24. The summed E-state index contributed by atoms with van der Waals surface area (Å²) < 4.78 is 2.01. The van der Waals surface area contributed by atoms with Crippen LogP contribution in [0.4, 0.5) is 5.69 Å². The van der Waals surface area contributed by atoms with Gasteiger partial charge in [0, 0.05) is 49.6 Å². The number of hydrogen-bond donors (Lipinski definition) is 0. The molecule has 0 unspecified atom stereocenters. The van der Waals surface area contributed by atoms with Crippen molar-refractivity contribution >= 4 is 28.8 Å². The van der Waals surface area contributed by atoms with Crippen LogP contribution in [0.25, 0.3) is 5.65 Å². The number of rotatable bonds is 4. The van der Waals surface area contributed by atoms with Crippen LogP contribution >= 0.6 is 11.6 Å². The molecule has 28 heavy (non-hydrogen) atoms. The fourth-order valence-electron chi connectivity index (χ4n) is 3.66. The molecule has 0 saturated carbocycles. The number of fused-ring (bicyclic) bond motifs is 1. The van der Waals surface area contributed by atoms with Crippen molar-refractivity contribution in [3.05, 3.63) is 65.1 Å². The van der Waals surface area contributed by atoms with Gasteiger partial charge in [0.15, 0.2) is 5.69 Å². The first-order valence-electron chi connectivity index (χ1n) is 9.43. The largest absolute Gasteiger partial charge is 0.368 e.